The molecular weight excluding hydrogens is 779 g/mol. The molecule has 0 amide bonds. The summed E-state index contributed by atoms with van der Waals surface area (Å²) in [5, 5.41) is 4.89. The minimum absolute atomic E-state index is 0.00135. The third-order valence-electron chi connectivity index (χ3n) is 12.7. The van der Waals surface area contributed by atoms with Crippen LogP contribution < -0.4 is 0 Å². The molecule has 0 N–H and O–H groups in total. The maximum Gasteiger partial charge on any atom is 0.160 e. The fourth-order valence-corrected chi connectivity index (χ4v) is 9.26. The highest BCUT2D eigenvalue weighted by Gasteiger charge is 2.21. The number of fused-ring (bicyclic) bond motifs is 6. The Morgan fingerprint density at radius 3 is 1.41 bits per heavy atom. The van der Waals surface area contributed by atoms with Gasteiger partial charge in [-0.05, 0) is 93.7 Å². The lowest BCUT2D eigenvalue weighted by atomic mass is 9.86. The van der Waals surface area contributed by atoms with Gasteiger partial charge in [0.25, 0.3) is 0 Å². The highest BCUT2D eigenvalue weighted by atomic mass is 15.1. The molecule has 0 atom stereocenters. The van der Waals surface area contributed by atoms with Gasteiger partial charge in [-0.25, -0.2) is 9.97 Å². The minimum atomic E-state index is -0.00135. The summed E-state index contributed by atoms with van der Waals surface area (Å²) in [6, 6.07) is 65.6. The van der Waals surface area contributed by atoms with Crippen LogP contribution in [0.3, 0.4) is 0 Å². The molecule has 0 spiro atoms. The smallest absolute Gasteiger partial charge is 0.160 e. The van der Waals surface area contributed by atoms with Crippen molar-refractivity contribution in [2.24, 2.45) is 0 Å². The van der Waals surface area contributed by atoms with E-state index >= 15 is 0 Å². The quantitative estimate of drug-likeness (QED) is 0.168. The van der Waals surface area contributed by atoms with Crippen LogP contribution in [0, 0.1) is 0 Å². The van der Waals surface area contributed by atoms with Crippen LogP contribution in [0.15, 0.2) is 188 Å². The van der Waals surface area contributed by atoms with Gasteiger partial charge in [0.05, 0.1) is 50.5 Å². The summed E-state index contributed by atoms with van der Waals surface area (Å²) in [6.07, 6.45) is 1.98. The van der Waals surface area contributed by atoms with E-state index in [1.807, 2.05) is 6.20 Å². The molecule has 11 rings (SSSR count). The van der Waals surface area contributed by atoms with Crippen molar-refractivity contribution in [2.75, 3.05) is 0 Å². The first-order valence-electron chi connectivity index (χ1n) is 22.2. The Hall–Kier alpha value is -7.63. The van der Waals surface area contributed by atoms with Crippen LogP contribution in [0.2, 0.25) is 0 Å². The molecule has 11 aromatic rings. The van der Waals surface area contributed by atoms with E-state index in [0.717, 1.165) is 61.7 Å². The molecule has 0 radical (unpaired) electrons. The molecule has 4 heterocycles. The monoisotopic (exact) mass is 827 g/mol. The molecule has 0 fully saturated rings. The molecule has 64 heavy (non-hydrogen) atoms. The maximum atomic E-state index is 5.23. The van der Waals surface area contributed by atoms with Gasteiger partial charge in [-0.3, -0.25) is 4.98 Å². The minimum Gasteiger partial charge on any atom is -0.307 e. The van der Waals surface area contributed by atoms with Gasteiger partial charge in [0.15, 0.2) is 5.82 Å². The highest BCUT2D eigenvalue weighted by Crippen LogP contribution is 2.40. The Labute approximate surface area is 374 Å². The van der Waals surface area contributed by atoms with E-state index in [1.165, 1.54) is 43.7 Å². The van der Waals surface area contributed by atoms with Crippen LogP contribution in [0.25, 0.3) is 100 Å². The van der Waals surface area contributed by atoms with E-state index in [-0.39, 0.29) is 10.8 Å². The fourth-order valence-electron chi connectivity index (χ4n) is 9.26. The Morgan fingerprint density at radius 1 is 0.344 bits per heavy atom. The zero-order chi connectivity index (χ0) is 43.7. The molecule has 0 aliphatic heterocycles. The standard InChI is InChI=1S/C59H49N5/c1-58(2,3)42-29-26-38(27-30-42)49-36-50(48-32-31-43(37-60-48)59(4,5)6)62-57(61-49)41-17-15-16-39(34-41)40-28-33-54-47(35-40)46-20-9-12-23-53(46)64(54)56-25-14-13-24-55(56)63-51-21-10-7-18-44(51)45-19-8-11-22-52(45)63/h7-37H,1-6H3. The molecule has 0 bridgehead atoms. The molecule has 7 aromatic carbocycles. The Morgan fingerprint density at radius 2 is 0.828 bits per heavy atom. The SMILES string of the molecule is CC(C)(C)c1ccc(-c2cc(-c3ccc(C(C)(C)C)cn3)nc(-c3cccc(-c4ccc5c(c4)c4ccccc4n5-c4ccccc4-n4c5ccccc5c5ccccc54)c3)n2)cc1. The number of hydrogen-bond acceptors (Lipinski definition) is 3. The molecule has 0 aliphatic rings. The second kappa shape index (κ2) is 15.0. The Bertz CT molecular complexity index is 3430. The zero-order valence-electron chi connectivity index (χ0n) is 37.1. The van der Waals surface area contributed by atoms with E-state index in [2.05, 4.69) is 233 Å². The predicted molar refractivity (Wildman–Crippen MR) is 268 cm³/mol. The first-order valence-corrected chi connectivity index (χ1v) is 22.2. The lowest BCUT2D eigenvalue weighted by Gasteiger charge is -2.19. The number of aromatic nitrogens is 5. The van der Waals surface area contributed by atoms with Gasteiger partial charge in [0.1, 0.15) is 0 Å². The summed E-state index contributed by atoms with van der Waals surface area (Å²) in [4.78, 5) is 15.4. The second-order valence-corrected chi connectivity index (χ2v) is 19.0. The summed E-state index contributed by atoms with van der Waals surface area (Å²) in [6.45, 7) is 13.4. The molecule has 0 aliphatic carbocycles. The molecule has 4 aromatic heterocycles. The van der Waals surface area contributed by atoms with Gasteiger partial charge in [0, 0.05) is 38.9 Å². The van der Waals surface area contributed by atoms with Crippen molar-refractivity contribution in [1.82, 2.24) is 24.1 Å². The van der Waals surface area contributed by atoms with Crippen molar-refractivity contribution in [3.8, 4) is 56.5 Å². The van der Waals surface area contributed by atoms with Crippen LogP contribution in [0.1, 0.15) is 52.7 Å². The summed E-state index contributed by atoms with van der Waals surface area (Å²) in [5.41, 5.74) is 16.1. The largest absolute Gasteiger partial charge is 0.307 e. The average Bonchev–Trinajstić information content (AvgIpc) is 3.83. The van der Waals surface area contributed by atoms with Crippen LogP contribution in [-0.4, -0.2) is 24.1 Å². The van der Waals surface area contributed by atoms with E-state index in [1.54, 1.807) is 0 Å². The summed E-state index contributed by atoms with van der Waals surface area (Å²) in [5.74, 6) is 0.662. The summed E-state index contributed by atoms with van der Waals surface area (Å²) >= 11 is 0. The fraction of sp³-hybridized carbons (Fsp3) is 0.136. The van der Waals surface area contributed by atoms with Gasteiger partial charge < -0.3 is 9.13 Å². The maximum absolute atomic E-state index is 5.23. The van der Waals surface area contributed by atoms with Crippen molar-refractivity contribution in [3.05, 3.63) is 199 Å². The van der Waals surface area contributed by atoms with Gasteiger partial charge in [0.2, 0.25) is 0 Å². The van der Waals surface area contributed by atoms with Crippen molar-refractivity contribution in [3.63, 3.8) is 0 Å². The number of pyridine rings is 1. The van der Waals surface area contributed by atoms with E-state index < -0.39 is 0 Å². The topological polar surface area (TPSA) is 48.5 Å². The number of rotatable bonds is 6. The Kier molecular flexibility index (Phi) is 9.21. The van der Waals surface area contributed by atoms with Gasteiger partial charge in [-0.15, -0.1) is 0 Å². The van der Waals surface area contributed by atoms with E-state index in [9.17, 15) is 0 Å². The molecule has 0 saturated carbocycles. The number of nitrogens with zero attached hydrogens (tertiary/aromatic N) is 5. The van der Waals surface area contributed by atoms with Crippen LogP contribution in [-0.2, 0) is 10.8 Å². The average molecular weight is 828 g/mol. The second-order valence-electron chi connectivity index (χ2n) is 19.0. The van der Waals surface area contributed by atoms with Crippen molar-refractivity contribution in [1.29, 1.82) is 0 Å². The lowest BCUT2D eigenvalue weighted by molar-refractivity contribution is 0.587. The molecule has 0 saturated heterocycles. The first-order chi connectivity index (χ1) is 31.0. The third kappa shape index (κ3) is 6.76. The highest BCUT2D eigenvalue weighted by molar-refractivity contribution is 6.12. The van der Waals surface area contributed by atoms with Crippen LogP contribution in [0.4, 0.5) is 0 Å². The third-order valence-corrected chi connectivity index (χ3v) is 12.7. The number of hydrogen-bond donors (Lipinski definition) is 0. The van der Waals surface area contributed by atoms with Crippen molar-refractivity contribution < 1.29 is 0 Å². The van der Waals surface area contributed by atoms with Gasteiger partial charge >= 0.3 is 0 Å². The predicted octanol–water partition coefficient (Wildman–Crippen LogP) is 15.3. The number of para-hydroxylation sites is 5. The normalized spacial score (nSPS) is 12.2. The van der Waals surface area contributed by atoms with E-state index in [0.29, 0.717) is 5.82 Å². The molecule has 0 unspecified atom stereocenters. The van der Waals surface area contributed by atoms with Crippen LogP contribution >= 0.6 is 0 Å². The van der Waals surface area contributed by atoms with Crippen molar-refractivity contribution >= 4 is 43.6 Å². The summed E-state index contributed by atoms with van der Waals surface area (Å²) < 4.78 is 4.85. The molecule has 5 heteroatoms. The van der Waals surface area contributed by atoms with Crippen LogP contribution in [0.5, 0.6) is 0 Å². The van der Waals surface area contributed by atoms with E-state index in [4.69, 9.17) is 15.0 Å². The Balaban J connectivity index is 1.04. The lowest BCUT2D eigenvalue weighted by Crippen LogP contribution is -2.11. The zero-order valence-corrected chi connectivity index (χ0v) is 37.1. The molecular formula is C59H49N5. The van der Waals surface area contributed by atoms with Gasteiger partial charge in [-0.1, -0.05) is 163 Å². The molecule has 5 nitrogen and oxygen atoms in total. The van der Waals surface area contributed by atoms with Crippen molar-refractivity contribution in [2.45, 2.75) is 52.4 Å². The molecule has 310 valence electrons. The summed E-state index contributed by atoms with van der Waals surface area (Å²) in [7, 11) is 0. The first kappa shape index (κ1) is 39.2. The van der Waals surface area contributed by atoms with Gasteiger partial charge in [-0.2, -0.15) is 0 Å². The number of benzene rings is 7.